The van der Waals surface area contributed by atoms with Crippen LogP contribution in [0.1, 0.15) is 31.7 Å². The summed E-state index contributed by atoms with van der Waals surface area (Å²) in [7, 11) is 1.60. The second-order valence-electron chi connectivity index (χ2n) is 6.89. The van der Waals surface area contributed by atoms with Crippen molar-refractivity contribution in [1.29, 1.82) is 0 Å². The molecule has 0 unspecified atom stereocenters. The average molecular weight is 405 g/mol. The van der Waals surface area contributed by atoms with Gasteiger partial charge in [0.25, 0.3) is 5.91 Å². The van der Waals surface area contributed by atoms with Gasteiger partial charge in [0.05, 0.1) is 12.0 Å². The van der Waals surface area contributed by atoms with Crippen LogP contribution in [0.4, 0.5) is 0 Å². The van der Waals surface area contributed by atoms with E-state index in [1.54, 1.807) is 13.2 Å². The summed E-state index contributed by atoms with van der Waals surface area (Å²) in [4.78, 5) is 29.2. The summed E-state index contributed by atoms with van der Waals surface area (Å²) in [6.07, 6.45) is 4.21. The van der Waals surface area contributed by atoms with Gasteiger partial charge in [-0.15, -0.1) is 0 Å². The molecule has 2 aliphatic heterocycles. The Kier molecular flexibility index (Phi) is 6.55. The maximum absolute atomic E-state index is 12.7. The molecule has 1 aromatic carbocycles. The first-order chi connectivity index (χ1) is 13.0. The van der Waals surface area contributed by atoms with Gasteiger partial charge in [0, 0.05) is 31.6 Å². The Hall–Kier alpha value is -1.86. The predicted molar refractivity (Wildman–Crippen MR) is 112 cm³/mol. The topological polar surface area (TPSA) is 49.9 Å². The zero-order chi connectivity index (χ0) is 19.4. The summed E-state index contributed by atoms with van der Waals surface area (Å²) in [5.41, 5.74) is 0.832. The number of rotatable bonds is 5. The van der Waals surface area contributed by atoms with Crippen molar-refractivity contribution in [2.45, 2.75) is 26.2 Å². The van der Waals surface area contributed by atoms with Crippen LogP contribution in [0.25, 0.3) is 6.08 Å². The van der Waals surface area contributed by atoms with E-state index in [0.29, 0.717) is 33.9 Å². The van der Waals surface area contributed by atoms with Crippen LogP contribution >= 0.6 is 24.0 Å². The highest BCUT2D eigenvalue weighted by atomic mass is 32.2. The minimum absolute atomic E-state index is 0.102. The summed E-state index contributed by atoms with van der Waals surface area (Å²) >= 11 is 6.64. The summed E-state index contributed by atoms with van der Waals surface area (Å²) in [5, 5.41) is 0. The summed E-state index contributed by atoms with van der Waals surface area (Å²) in [5.74, 6) is 1.35. The van der Waals surface area contributed by atoms with Gasteiger partial charge in [-0.05, 0) is 30.9 Å². The number of thioether (sulfide) groups is 1. The van der Waals surface area contributed by atoms with E-state index < -0.39 is 0 Å². The van der Waals surface area contributed by atoms with Crippen molar-refractivity contribution in [2.24, 2.45) is 5.92 Å². The molecule has 7 heteroatoms. The van der Waals surface area contributed by atoms with E-state index >= 15 is 0 Å². The molecule has 2 heterocycles. The molecule has 0 spiro atoms. The lowest BCUT2D eigenvalue weighted by Crippen LogP contribution is -2.40. The molecule has 27 heavy (non-hydrogen) atoms. The van der Waals surface area contributed by atoms with Crippen LogP contribution in [0.2, 0.25) is 0 Å². The first-order valence-electron chi connectivity index (χ1n) is 9.15. The molecule has 2 aliphatic rings. The number of carbonyl (C=O) groups is 2. The molecule has 5 nitrogen and oxygen atoms in total. The van der Waals surface area contributed by atoms with Crippen molar-refractivity contribution in [2.75, 3.05) is 26.7 Å². The van der Waals surface area contributed by atoms with Gasteiger partial charge in [0.2, 0.25) is 5.91 Å². The molecule has 0 aromatic heterocycles. The van der Waals surface area contributed by atoms with Gasteiger partial charge in [-0.3, -0.25) is 14.5 Å². The first-order valence-corrected chi connectivity index (χ1v) is 10.4. The van der Waals surface area contributed by atoms with Gasteiger partial charge in [0.15, 0.2) is 0 Å². The highest BCUT2D eigenvalue weighted by Crippen LogP contribution is 2.34. The second kappa shape index (κ2) is 8.89. The van der Waals surface area contributed by atoms with Crippen molar-refractivity contribution in [3.05, 3.63) is 34.7 Å². The van der Waals surface area contributed by atoms with Gasteiger partial charge in [-0.2, -0.15) is 0 Å². The van der Waals surface area contributed by atoms with Gasteiger partial charge >= 0.3 is 0 Å². The monoisotopic (exact) mass is 404 g/mol. The smallest absolute Gasteiger partial charge is 0.266 e. The molecule has 0 radical (unpaired) electrons. The number of hydrogen-bond donors (Lipinski definition) is 0. The molecule has 1 aromatic rings. The molecule has 3 rings (SSSR count). The van der Waals surface area contributed by atoms with Gasteiger partial charge in [-0.1, -0.05) is 49.1 Å². The lowest BCUT2D eigenvalue weighted by molar-refractivity contribution is -0.133. The molecule has 0 bridgehead atoms. The first kappa shape index (κ1) is 19.9. The van der Waals surface area contributed by atoms with Crippen LogP contribution < -0.4 is 4.74 Å². The third kappa shape index (κ3) is 4.71. The molecule has 0 atom stereocenters. The Labute approximate surface area is 169 Å². The molecule has 0 aliphatic carbocycles. The van der Waals surface area contributed by atoms with Crippen LogP contribution in [-0.4, -0.2) is 52.7 Å². The van der Waals surface area contributed by atoms with Crippen molar-refractivity contribution in [3.8, 4) is 5.75 Å². The molecule has 2 amide bonds. The van der Waals surface area contributed by atoms with E-state index in [4.69, 9.17) is 17.0 Å². The van der Waals surface area contributed by atoms with E-state index in [0.717, 1.165) is 31.5 Å². The van der Waals surface area contributed by atoms with E-state index in [2.05, 4.69) is 6.92 Å². The highest BCUT2D eigenvalue weighted by molar-refractivity contribution is 8.26. The maximum Gasteiger partial charge on any atom is 0.266 e. The number of ether oxygens (including phenoxy) is 1. The van der Waals surface area contributed by atoms with Crippen LogP contribution in [-0.2, 0) is 9.59 Å². The fraction of sp³-hybridized carbons (Fsp3) is 0.450. The van der Waals surface area contributed by atoms with Crippen molar-refractivity contribution in [3.63, 3.8) is 0 Å². The quantitative estimate of drug-likeness (QED) is 0.555. The normalized spacial score (nSPS) is 19.9. The number of benzene rings is 1. The molecule has 2 fully saturated rings. The van der Waals surface area contributed by atoms with Gasteiger partial charge in [0.1, 0.15) is 10.1 Å². The van der Waals surface area contributed by atoms with Gasteiger partial charge < -0.3 is 9.64 Å². The van der Waals surface area contributed by atoms with Crippen LogP contribution in [0.15, 0.2) is 29.2 Å². The summed E-state index contributed by atoms with van der Waals surface area (Å²) in [6.45, 7) is 4.17. The number of para-hydroxylation sites is 1. The summed E-state index contributed by atoms with van der Waals surface area (Å²) < 4.78 is 5.84. The molecule has 0 saturated carbocycles. The van der Waals surface area contributed by atoms with E-state index in [-0.39, 0.29) is 11.8 Å². The van der Waals surface area contributed by atoms with E-state index in [1.807, 2.05) is 29.2 Å². The van der Waals surface area contributed by atoms with Crippen LogP contribution in [0.5, 0.6) is 5.75 Å². The predicted octanol–water partition coefficient (Wildman–Crippen LogP) is 3.55. The standard InChI is InChI=1S/C20H24N2O3S2/c1-14-7-10-21(11-8-14)18(23)9-12-22-19(24)17(27-20(22)26)13-15-5-3-4-6-16(15)25-2/h3-6,13-14H,7-12H2,1-2H3/b17-13-. The SMILES string of the molecule is COc1ccccc1/C=C1\SC(=S)N(CCC(=O)N2CCC(C)CC2)C1=O. The zero-order valence-corrected chi connectivity index (χ0v) is 17.3. The number of nitrogens with zero attached hydrogens (tertiary/aromatic N) is 2. The largest absolute Gasteiger partial charge is 0.496 e. The Morgan fingerprint density at radius 3 is 2.74 bits per heavy atom. The number of hydrogen-bond acceptors (Lipinski definition) is 5. The second-order valence-corrected chi connectivity index (χ2v) is 8.56. The summed E-state index contributed by atoms with van der Waals surface area (Å²) in [6, 6.07) is 7.53. The molecule has 0 N–H and O–H groups in total. The lowest BCUT2D eigenvalue weighted by Gasteiger charge is -2.30. The molecular formula is C20H24N2O3S2. The fourth-order valence-corrected chi connectivity index (χ4v) is 4.54. The average Bonchev–Trinajstić information content (AvgIpc) is 2.94. The Morgan fingerprint density at radius 2 is 2.04 bits per heavy atom. The van der Waals surface area contributed by atoms with Crippen molar-refractivity contribution in [1.82, 2.24) is 9.80 Å². The Bertz CT molecular complexity index is 770. The number of methoxy groups -OCH3 is 1. The van der Waals surface area contributed by atoms with Crippen LogP contribution in [0, 0.1) is 5.92 Å². The molecule has 144 valence electrons. The van der Waals surface area contributed by atoms with Crippen LogP contribution in [0.3, 0.4) is 0 Å². The van der Waals surface area contributed by atoms with E-state index in [1.165, 1.54) is 16.7 Å². The lowest BCUT2D eigenvalue weighted by atomic mass is 9.99. The van der Waals surface area contributed by atoms with Gasteiger partial charge in [-0.25, -0.2) is 0 Å². The third-order valence-electron chi connectivity index (χ3n) is 4.98. The fourth-order valence-electron chi connectivity index (χ4n) is 3.24. The molecule has 2 saturated heterocycles. The third-order valence-corrected chi connectivity index (χ3v) is 6.36. The number of likely N-dealkylation sites (tertiary alicyclic amines) is 1. The van der Waals surface area contributed by atoms with Crippen molar-refractivity contribution < 1.29 is 14.3 Å². The molecular weight excluding hydrogens is 380 g/mol. The minimum Gasteiger partial charge on any atom is -0.496 e. The maximum atomic E-state index is 12.7. The highest BCUT2D eigenvalue weighted by Gasteiger charge is 2.33. The Balaban J connectivity index is 1.62. The number of thiocarbonyl (C=S) groups is 1. The number of piperidine rings is 1. The zero-order valence-electron chi connectivity index (χ0n) is 15.6. The number of carbonyl (C=O) groups excluding carboxylic acids is 2. The van der Waals surface area contributed by atoms with E-state index in [9.17, 15) is 9.59 Å². The number of amides is 2. The van der Waals surface area contributed by atoms with Crippen molar-refractivity contribution >= 4 is 46.2 Å². The minimum atomic E-state index is -0.143. The Morgan fingerprint density at radius 1 is 1.33 bits per heavy atom.